The third-order valence-electron chi connectivity index (χ3n) is 5.08. The maximum absolute atomic E-state index is 13.0. The average Bonchev–Trinajstić information content (AvgIpc) is 3.07. The van der Waals surface area contributed by atoms with Crippen molar-refractivity contribution in [3.63, 3.8) is 0 Å². The van der Waals surface area contributed by atoms with Gasteiger partial charge >= 0.3 is 6.18 Å². The fraction of sp³-hybridized carbons (Fsp3) is 0.444. The van der Waals surface area contributed by atoms with Crippen LogP contribution in [0.3, 0.4) is 0 Å². The molecule has 1 fully saturated rings. The zero-order valence-electron chi connectivity index (χ0n) is 16.6. The van der Waals surface area contributed by atoms with Gasteiger partial charge in [-0.2, -0.15) is 22.6 Å². The number of nitrogens with one attached hydrogen (secondary N) is 2. The maximum atomic E-state index is 13.0. The van der Waals surface area contributed by atoms with Crippen LogP contribution in [0.2, 0.25) is 0 Å². The zero-order chi connectivity index (χ0) is 22.3. The van der Waals surface area contributed by atoms with Crippen molar-refractivity contribution in [3.05, 3.63) is 41.1 Å². The van der Waals surface area contributed by atoms with Crippen molar-refractivity contribution in [2.24, 2.45) is 0 Å². The molecule has 0 bridgehead atoms. The van der Waals surface area contributed by atoms with Crippen LogP contribution in [-0.4, -0.2) is 66.5 Å². The molecule has 164 valence electrons. The second-order valence-corrected chi connectivity index (χ2v) is 8.98. The molecule has 0 radical (unpaired) electrons. The largest absolute Gasteiger partial charge is 0.416 e. The van der Waals surface area contributed by atoms with Gasteiger partial charge in [0.25, 0.3) is 5.91 Å². The van der Waals surface area contributed by atoms with E-state index in [0.717, 1.165) is 24.3 Å². The number of hydrogen-bond acceptors (Lipinski definition) is 5. The first kappa shape index (κ1) is 22.1. The number of halogens is 3. The number of nitrogens with zero attached hydrogens (tertiary/aromatic N) is 3. The van der Waals surface area contributed by atoms with E-state index in [0.29, 0.717) is 17.1 Å². The topological polar surface area (TPSA) is 98.4 Å². The van der Waals surface area contributed by atoms with E-state index in [9.17, 15) is 26.4 Å². The molecule has 1 aliphatic rings. The number of sulfonamides is 1. The molecule has 2 aromatic rings. The van der Waals surface area contributed by atoms with Gasteiger partial charge in [-0.1, -0.05) is 0 Å². The van der Waals surface area contributed by atoms with E-state index in [2.05, 4.69) is 15.5 Å². The molecule has 8 nitrogen and oxygen atoms in total. The molecule has 1 aliphatic heterocycles. The number of piperazine rings is 1. The lowest BCUT2D eigenvalue weighted by Crippen LogP contribution is -2.55. The van der Waals surface area contributed by atoms with Gasteiger partial charge in [0.15, 0.2) is 0 Å². The number of anilines is 1. The Bertz CT molecular complexity index is 1030. The van der Waals surface area contributed by atoms with E-state index >= 15 is 0 Å². The summed E-state index contributed by atoms with van der Waals surface area (Å²) in [5, 5.41) is 9.63. The summed E-state index contributed by atoms with van der Waals surface area (Å²) in [4.78, 5) is 14.3. The van der Waals surface area contributed by atoms with Gasteiger partial charge in [-0.15, -0.1) is 0 Å². The van der Waals surface area contributed by atoms with E-state index in [1.165, 1.54) is 4.31 Å². The summed E-state index contributed by atoms with van der Waals surface area (Å²) in [7, 11) is -2.33. The zero-order valence-corrected chi connectivity index (χ0v) is 17.4. The molecular formula is C18H22F3N5O3S. The Kier molecular flexibility index (Phi) is 5.83. The van der Waals surface area contributed by atoms with E-state index in [1.807, 2.05) is 0 Å². The average molecular weight is 445 g/mol. The third-order valence-corrected chi connectivity index (χ3v) is 6.96. The fourth-order valence-corrected chi connectivity index (χ4v) is 4.94. The first-order valence-corrected chi connectivity index (χ1v) is 10.6. The minimum atomic E-state index is -4.54. The number of aryl methyl sites for hydroxylation is 1. The van der Waals surface area contributed by atoms with Crippen molar-refractivity contribution in [1.82, 2.24) is 19.4 Å². The Labute approximate surface area is 172 Å². The smallest absolute Gasteiger partial charge is 0.373 e. The Morgan fingerprint density at radius 2 is 1.87 bits per heavy atom. The van der Waals surface area contributed by atoms with E-state index in [4.69, 9.17) is 0 Å². The van der Waals surface area contributed by atoms with Gasteiger partial charge in [-0.25, -0.2) is 8.42 Å². The summed E-state index contributed by atoms with van der Waals surface area (Å²) in [6.45, 7) is 3.63. The van der Waals surface area contributed by atoms with Crippen molar-refractivity contribution < 1.29 is 26.4 Å². The number of aromatic amines is 1. The number of benzene rings is 1. The molecule has 12 heteroatoms. The molecule has 1 aromatic carbocycles. The van der Waals surface area contributed by atoms with Crippen LogP contribution in [0.4, 0.5) is 19.0 Å². The monoisotopic (exact) mass is 445 g/mol. The molecule has 2 N–H and O–H groups in total. The van der Waals surface area contributed by atoms with Gasteiger partial charge in [0.1, 0.15) is 11.4 Å². The highest BCUT2D eigenvalue weighted by Gasteiger charge is 2.37. The standard InChI is InChI=1S/C18H22F3N5O3S/c1-11-10-25(30(28,29)14-6-4-13(5-7-14)18(19,20)21)8-9-26(11)17(27)15-12(2)23-24-16(15)22-3/h4-7,11H,8-10H2,1-3H3,(H2,22,23,24)/t11-/m0/s1. The Balaban J connectivity index is 1.77. The Hall–Kier alpha value is -2.60. The summed E-state index contributed by atoms with van der Waals surface area (Å²) in [6, 6.07) is 2.96. The predicted octanol–water partition coefficient (Wildman–Crippen LogP) is 2.31. The third kappa shape index (κ3) is 4.01. The summed E-state index contributed by atoms with van der Waals surface area (Å²) < 4.78 is 65.1. The number of amides is 1. The van der Waals surface area contributed by atoms with Crippen LogP contribution in [0.25, 0.3) is 0 Å². The molecule has 1 atom stereocenters. The molecule has 0 unspecified atom stereocenters. The normalized spacial score (nSPS) is 18.5. The molecule has 0 saturated carbocycles. The van der Waals surface area contributed by atoms with Crippen molar-refractivity contribution in [3.8, 4) is 0 Å². The summed E-state index contributed by atoms with van der Waals surface area (Å²) in [5.74, 6) is 0.203. The van der Waals surface area contributed by atoms with E-state index in [-0.39, 0.29) is 30.4 Å². The molecular weight excluding hydrogens is 423 g/mol. The summed E-state index contributed by atoms with van der Waals surface area (Å²) in [5.41, 5.74) is 0.000746. The van der Waals surface area contributed by atoms with Crippen LogP contribution in [0.15, 0.2) is 29.2 Å². The van der Waals surface area contributed by atoms with Crippen LogP contribution < -0.4 is 5.32 Å². The van der Waals surface area contributed by atoms with Gasteiger partial charge in [-0.05, 0) is 38.1 Å². The molecule has 1 aromatic heterocycles. The van der Waals surface area contributed by atoms with Gasteiger partial charge in [-0.3, -0.25) is 9.89 Å². The van der Waals surface area contributed by atoms with E-state index < -0.39 is 27.8 Å². The highest BCUT2D eigenvalue weighted by atomic mass is 32.2. The van der Waals surface area contributed by atoms with Gasteiger partial charge in [0.05, 0.1) is 16.2 Å². The van der Waals surface area contributed by atoms with Crippen molar-refractivity contribution in [1.29, 1.82) is 0 Å². The van der Waals surface area contributed by atoms with Crippen molar-refractivity contribution in [2.75, 3.05) is 32.0 Å². The van der Waals surface area contributed by atoms with E-state index in [1.54, 1.807) is 25.8 Å². The van der Waals surface area contributed by atoms with Crippen LogP contribution in [0.1, 0.15) is 28.5 Å². The van der Waals surface area contributed by atoms with Crippen LogP contribution in [0.5, 0.6) is 0 Å². The highest BCUT2D eigenvalue weighted by molar-refractivity contribution is 7.89. The SMILES string of the molecule is CNc1[nH]nc(C)c1C(=O)N1CCN(S(=O)(=O)c2ccc(C(F)(F)F)cc2)C[C@@H]1C. The van der Waals surface area contributed by atoms with Crippen LogP contribution in [-0.2, 0) is 16.2 Å². The van der Waals surface area contributed by atoms with Gasteiger partial charge < -0.3 is 10.2 Å². The van der Waals surface area contributed by atoms with Gasteiger partial charge in [0, 0.05) is 32.7 Å². The molecule has 1 saturated heterocycles. The Morgan fingerprint density at radius 1 is 1.23 bits per heavy atom. The van der Waals surface area contributed by atoms with Crippen LogP contribution in [0, 0.1) is 6.92 Å². The number of aromatic nitrogens is 2. The molecule has 1 amide bonds. The minimum Gasteiger partial charge on any atom is -0.373 e. The second kappa shape index (κ2) is 7.91. The number of alkyl halides is 3. The summed E-state index contributed by atoms with van der Waals surface area (Å²) >= 11 is 0. The quantitative estimate of drug-likeness (QED) is 0.753. The lowest BCUT2D eigenvalue weighted by atomic mass is 10.1. The Morgan fingerprint density at radius 3 is 2.40 bits per heavy atom. The number of H-pyrrole nitrogens is 1. The van der Waals surface area contributed by atoms with Crippen LogP contribution >= 0.6 is 0 Å². The molecule has 2 heterocycles. The van der Waals surface area contributed by atoms with Crippen molar-refractivity contribution in [2.45, 2.75) is 31.0 Å². The predicted molar refractivity (Wildman–Crippen MR) is 104 cm³/mol. The number of hydrogen-bond donors (Lipinski definition) is 2. The molecule has 30 heavy (non-hydrogen) atoms. The number of carbonyl (C=O) groups excluding carboxylic acids is 1. The lowest BCUT2D eigenvalue weighted by molar-refractivity contribution is -0.137. The minimum absolute atomic E-state index is 0.0287. The highest BCUT2D eigenvalue weighted by Crippen LogP contribution is 2.30. The second-order valence-electron chi connectivity index (χ2n) is 7.04. The number of carbonyl (C=O) groups is 1. The number of rotatable bonds is 4. The molecule has 3 rings (SSSR count). The first-order valence-electron chi connectivity index (χ1n) is 9.18. The van der Waals surface area contributed by atoms with Gasteiger partial charge in [0.2, 0.25) is 10.0 Å². The molecule has 0 aliphatic carbocycles. The lowest BCUT2D eigenvalue weighted by Gasteiger charge is -2.39. The summed E-state index contributed by atoms with van der Waals surface area (Å²) in [6.07, 6.45) is -4.54. The van der Waals surface area contributed by atoms with Crippen molar-refractivity contribution >= 4 is 21.7 Å². The fourth-order valence-electron chi connectivity index (χ4n) is 3.43. The maximum Gasteiger partial charge on any atom is 0.416 e. The molecule has 0 spiro atoms. The first-order chi connectivity index (χ1) is 14.0.